The Morgan fingerprint density at radius 3 is 2.63 bits per heavy atom. The Morgan fingerprint density at radius 1 is 1.32 bits per heavy atom. The van der Waals surface area contributed by atoms with Crippen molar-refractivity contribution in [2.45, 2.75) is 25.4 Å². The smallest absolute Gasteiger partial charge is 0.107 e. The summed E-state index contributed by atoms with van der Waals surface area (Å²) in [5.41, 5.74) is 1.40. The summed E-state index contributed by atoms with van der Waals surface area (Å²) in [5, 5.41) is 3.69. The maximum atomic E-state index is 6.08. The van der Waals surface area contributed by atoms with Crippen LogP contribution in [0.4, 0.5) is 0 Å². The van der Waals surface area contributed by atoms with Crippen LogP contribution in [0.25, 0.3) is 0 Å². The predicted octanol–water partition coefficient (Wildman–Crippen LogP) is 5.40. The monoisotopic (exact) mass is 355 g/mol. The first-order valence-corrected chi connectivity index (χ1v) is 8.45. The molecule has 0 radical (unpaired) electrons. The summed E-state index contributed by atoms with van der Waals surface area (Å²) in [7, 11) is 0. The molecule has 2 aromatic rings. The average Bonchev–Trinajstić information content (AvgIpc) is 3.19. The van der Waals surface area contributed by atoms with Crippen molar-refractivity contribution in [3.63, 3.8) is 0 Å². The Morgan fingerprint density at radius 2 is 2.05 bits per heavy atom. The normalized spacial score (nSPS) is 16.5. The summed E-state index contributed by atoms with van der Waals surface area (Å²) in [5.74, 6) is 0.793. The first-order chi connectivity index (χ1) is 9.24. The Balaban J connectivity index is 1.69. The largest absolute Gasteiger partial charge is 0.305 e. The van der Waals surface area contributed by atoms with Crippen LogP contribution >= 0.6 is 38.9 Å². The van der Waals surface area contributed by atoms with Crippen molar-refractivity contribution >= 4 is 38.9 Å². The predicted molar refractivity (Wildman–Crippen MR) is 85.8 cm³/mol. The van der Waals surface area contributed by atoms with Crippen LogP contribution in [0.5, 0.6) is 0 Å². The number of thiophene rings is 1. The number of hydrogen-bond donors (Lipinski definition) is 1. The van der Waals surface area contributed by atoms with Gasteiger partial charge >= 0.3 is 0 Å². The highest BCUT2D eigenvalue weighted by molar-refractivity contribution is 9.10. The van der Waals surface area contributed by atoms with Crippen molar-refractivity contribution in [1.29, 1.82) is 0 Å². The molecule has 0 aliphatic heterocycles. The summed E-state index contributed by atoms with van der Waals surface area (Å²) in [4.78, 5) is 1.28. The van der Waals surface area contributed by atoms with E-state index in [1.807, 2.05) is 0 Å². The summed E-state index contributed by atoms with van der Waals surface area (Å²) in [6.07, 6.45) is 2.67. The van der Waals surface area contributed by atoms with Gasteiger partial charge in [0.05, 0.1) is 0 Å². The lowest BCUT2D eigenvalue weighted by atomic mass is 10.0. The summed E-state index contributed by atoms with van der Waals surface area (Å²) < 4.78 is 1.83. The number of hydrogen-bond acceptors (Lipinski definition) is 2. The fourth-order valence-corrected chi connectivity index (χ4v) is 4.08. The van der Waals surface area contributed by atoms with Crippen LogP contribution in [0, 0.1) is 5.92 Å². The fraction of sp³-hybridized carbons (Fsp3) is 0.333. The van der Waals surface area contributed by atoms with Gasteiger partial charge in [0.1, 0.15) is 4.34 Å². The zero-order chi connectivity index (χ0) is 13.2. The molecule has 0 saturated heterocycles. The second-order valence-corrected chi connectivity index (χ2v) is 7.53. The molecule has 1 unspecified atom stereocenters. The average molecular weight is 357 g/mol. The Labute approximate surface area is 131 Å². The summed E-state index contributed by atoms with van der Waals surface area (Å²) >= 11 is 11.2. The van der Waals surface area contributed by atoms with Gasteiger partial charge in [-0.25, -0.2) is 0 Å². The van der Waals surface area contributed by atoms with E-state index in [0.717, 1.165) is 21.3 Å². The third kappa shape index (κ3) is 3.40. The van der Waals surface area contributed by atoms with Gasteiger partial charge in [-0.1, -0.05) is 41.9 Å². The minimum Gasteiger partial charge on any atom is -0.305 e. The second-order valence-electron chi connectivity index (χ2n) is 4.94. The second kappa shape index (κ2) is 5.96. The summed E-state index contributed by atoms with van der Waals surface area (Å²) in [6, 6.07) is 13.3. The molecule has 1 atom stereocenters. The highest BCUT2D eigenvalue weighted by Gasteiger charge is 2.31. The lowest BCUT2D eigenvalue weighted by molar-refractivity contribution is 0.482. The van der Waals surface area contributed by atoms with Crippen LogP contribution in [-0.2, 0) is 6.54 Å². The van der Waals surface area contributed by atoms with E-state index in [1.165, 1.54) is 23.3 Å². The van der Waals surface area contributed by atoms with Crippen LogP contribution < -0.4 is 5.32 Å². The highest BCUT2D eigenvalue weighted by atomic mass is 79.9. The van der Waals surface area contributed by atoms with E-state index in [4.69, 9.17) is 11.6 Å². The van der Waals surface area contributed by atoms with Gasteiger partial charge in [-0.2, -0.15) is 0 Å². The van der Waals surface area contributed by atoms with Crippen LogP contribution in [0.2, 0.25) is 4.34 Å². The standard InChI is InChI=1S/C15H15BrClNS/c16-13-8-12(19-15(13)17)9-18-14(11-6-7-11)10-4-2-1-3-5-10/h1-5,8,11,14,18H,6-7,9H2. The molecule has 1 saturated carbocycles. The van der Waals surface area contributed by atoms with Crippen LogP contribution in [0.1, 0.15) is 29.3 Å². The Hall–Kier alpha value is -0.350. The maximum Gasteiger partial charge on any atom is 0.107 e. The van der Waals surface area contributed by atoms with E-state index in [2.05, 4.69) is 57.6 Å². The van der Waals surface area contributed by atoms with E-state index in [9.17, 15) is 0 Å². The molecule has 1 aromatic heterocycles. The molecule has 1 fully saturated rings. The first kappa shape index (κ1) is 13.6. The third-order valence-electron chi connectivity index (χ3n) is 3.44. The zero-order valence-electron chi connectivity index (χ0n) is 10.4. The van der Waals surface area contributed by atoms with E-state index >= 15 is 0 Å². The van der Waals surface area contributed by atoms with Gasteiger partial charge in [-0.15, -0.1) is 11.3 Å². The SMILES string of the molecule is Clc1sc(CNC(c2ccccc2)C2CC2)cc1Br. The molecular weight excluding hydrogens is 342 g/mol. The van der Waals surface area contributed by atoms with Crippen molar-refractivity contribution < 1.29 is 0 Å². The zero-order valence-corrected chi connectivity index (χ0v) is 13.6. The van der Waals surface area contributed by atoms with Gasteiger partial charge in [-0.05, 0) is 46.3 Å². The molecule has 1 nitrogen and oxygen atoms in total. The van der Waals surface area contributed by atoms with Gasteiger partial charge in [-0.3, -0.25) is 0 Å². The van der Waals surface area contributed by atoms with Gasteiger partial charge in [0.2, 0.25) is 0 Å². The van der Waals surface area contributed by atoms with E-state index in [-0.39, 0.29) is 0 Å². The number of benzene rings is 1. The summed E-state index contributed by atoms with van der Waals surface area (Å²) in [6.45, 7) is 0.881. The lowest BCUT2D eigenvalue weighted by Gasteiger charge is -2.18. The molecule has 4 heteroatoms. The molecule has 1 heterocycles. The van der Waals surface area contributed by atoms with E-state index < -0.39 is 0 Å². The molecule has 0 spiro atoms. The van der Waals surface area contributed by atoms with E-state index in [0.29, 0.717) is 6.04 Å². The molecule has 1 N–H and O–H groups in total. The number of halogens is 2. The van der Waals surface area contributed by atoms with Crippen molar-refractivity contribution in [2.24, 2.45) is 5.92 Å². The molecule has 3 rings (SSSR count). The highest BCUT2D eigenvalue weighted by Crippen LogP contribution is 2.41. The molecule has 0 bridgehead atoms. The van der Waals surface area contributed by atoms with E-state index in [1.54, 1.807) is 11.3 Å². The lowest BCUT2D eigenvalue weighted by Crippen LogP contribution is -2.22. The topological polar surface area (TPSA) is 12.0 Å². The van der Waals surface area contributed by atoms with Crippen LogP contribution in [0.3, 0.4) is 0 Å². The fourth-order valence-electron chi connectivity index (χ4n) is 2.34. The Bertz CT molecular complexity index is 531. The molecule has 19 heavy (non-hydrogen) atoms. The van der Waals surface area contributed by atoms with Gasteiger partial charge in [0.25, 0.3) is 0 Å². The van der Waals surface area contributed by atoms with Crippen molar-refractivity contribution in [1.82, 2.24) is 5.32 Å². The van der Waals surface area contributed by atoms with Gasteiger partial charge < -0.3 is 5.32 Å². The molecule has 1 aliphatic rings. The molecule has 1 aromatic carbocycles. The molecular formula is C15H15BrClNS. The quantitative estimate of drug-likeness (QED) is 0.756. The first-order valence-electron chi connectivity index (χ1n) is 6.46. The van der Waals surface area contributed by atoms with Gasteiger partial charge in [0, 0.05) is 21.9 Å². The minimum absolute atomic E-state index is 0.473. The van der Waals surface area contributed by atoms with Crippen molar-refractivity contribution in [2.75, 3.05) is 0 Å². The van der Waals surface area contributed by atoms with Crippen LogP contribution in [0.15, 0.2) is 40.9 Å². The number of rotatable bonds is 5. The van der Waals surface area contributed by atoms with Crippen molar-refractivity contribution in [3.8, 4) is 0 Å². The molecule has 100 valence electrons. The minimum atomic E-state index is 0.473. The van der Waals surface area contributed by atoms with Gasteiger partial charge in [0.15, 0.2) is 0 Å². The third-order valence-corrected chi connectivity index (χ3v) is 5.92. The van der Waals surface area contributed by atoms with Crippen LogP contribution in [-0.4, -0.2) is 0 Å². The Kier molecular flexibility index (Phi) is 4.27. The van der Waals surface area contributed by atoms with Crippen molar-refractivity contribution in [3.05, 3.63) is 55.6 Å². The molecule has 1 aliphatic carbocycles. The number of nitrogens with one attached hydrogen (secondary N) is 1. The maximum absolute atomic E-state index is 6.08. The molecule has 0 amide bonds.